The van der Waals surface area contributed by atoms with Crippen LogP contribution in [0.4, 0.5) is 0 Å². The highest BCUT2D eigenvalue weighted by atomic mass is 16.5. The third-order valence-corrected chi connectivity index (χ3v) is 6.96. The van der Waals surface area contributed by atoms with Crippen molar-refractivity contribution in [1.29, 1.82) is 0 Å². The summed E-state index contributed by atoms with van der Waals surface area (Å²) in [6.07, 6.45) is 10.3. The Kier molecular flexibility index (Phi) is 7.79. The lowest BCUT2D eigenvalue weighted by molar-refractivity contribution is -0.00256. The lowest BCUT2D eigenvalue weighted by Gasteiger charge is -2.42. The zero-order valence-electron chi connectivity index (χ0n) is 17.8. The maximum atomic E-state index is 5.59. The minimum atomic E-state index is 0.131. The number of rotatable bonds is 6. The van der Waals surface area contributed by atoms with Crippen LogP contribution in [0.1, 0.15) is 58.3 Å². The topological polar surface area (TPSA) is 52.1 Å². The predicted molar refractivity (Wildman–Crippen MR) is 112 cm³/mol. The van der Waals surface area contributed by atoms with Crippen molar-refractivity contribution in [3.8, 4) is 0 Å². The number of hydrogen-bond acceptors (Lipinski definition) is 4. The van der Waals surface area contributed by atoms with E-state index >= 15 is 0 Å². The first-order chi connectivity index (χ1) is 13.1. The van der Waals surface area contributed by atoms with E-state index in [0.29, 0.717) is 6.04 Å². The van der Waals surface area contributed by atoms with Crippen molar-refractivity contribution in [1.82, 2.24) is 20.4 Å². The molecule has 2 N–H and O–H groups in total. The fourth-order valence-electron chi connectivity index (χ4n) is 4.92. The van der Waals surface area contributed by atoms with Gasteiger partial charge in [0.2, 0.25) is 0 Å². The van der Waals surface area contributed by atoms with E-state index in [4.69, 9.17) is 9.73 Å². The largest absolute Gasteiger partial charge is 0.381 e. The number of likely N-dealkylation sites (N-methyl/N-ethyl adjacent to an activating group) is 1. The number of ether oxygens (including phenoxy) is 1. The number of nitrogens with zero attached hydrogens (tertiary/aromatic N) is 3. The SMILES string of the molecule is CCNC(=NCC1(N(C)C)CCOCC1)NC1CCN(C2CCCC2)CC1. The van der Waals surface area contributed by atoms with Gasteiger partial charge in [-0.05, 0) is 59.5 Å². The maximum absolute atomic E-state index is 5.59. The van der Waals surface area contributed by atoms with Gasteiger partial charge in [0.15, 0.2) is 5.96 Å². The summed E-state index contributed by atoms with van der Waals surface area (Å²) in [5.41, 5.74) is 0.131. The van der Waals surface area contributed by atoms with Gasteiger partial charge in [-0.15, -0.1) is 0 Å². The molecule has 0 radical (unpaired) electrons. The van der Waals surface area contributed by atoms with Crippen molar-refractivity contribution < 1.29 is 4.74 Å². The van der Waals surface area contributed by atoms with Crippen molar-refractivity contribution in [2.24, 2.45) is 4.99 Å². The molecule has 156 valence electrons. The number of guanidine groups is 1. The molecule has 3 aliphatic rings. The monoisotopic (exact) mass is 379 g/mol. The second kappa shape index (κ2) is 10.1. The molecule has 2 saturated heterocycles. The van der Waals surface area contributed by atoms with Crippen LogP contribution < -0.4 is 10.6 Å². The Hall–Kier alpha value is -0.850. The number of hydrogen-bond donors (Lipinski definition) is 2. The molecule has 3 fully saturated rings. The van der Waals surface area contributed by atoms with Crippen LogP contribution >= 0.6 is 0 Å². The van der Waals surface area contributed by atoms with Crippen LogP contribution in [0.2, 0.25) is 0 Å². The van der Waals surface area contributed by atoms with Gasteiger partial charge in [0.05, 0.1) is 6.54 Å². The molecule has 6 heteroatoms. The summed E-state index contributed by atoms with van der Waals surface area (Å²) in [6, 6.07) is 1.41. The Morgan fingerprint density at radius 3 is 2.37 bits per heavy atom. The van der Waals surface area contributed by atoms with Crippen LogP contribution in [0.25, 0.3) is 0 Å². The van der Waals surface area contributed by atoms with Gasteiger partial charge in [-0.2, -0.15) is 0 Å². The van der Waals surface area contributed by atoms with Crippen LogP contribution in [0, 0.1) is 0 Å². The molecule has 0 aromatic rings. The van der Waals surface area contributed by atoms with Crippen LogP contribution in [-0.4, -0.2) is 86.9 Å². The van der Waals surface area contributed by atoms with Gasteiger partial charge in [-0.1, -0.05) is 12.8 Å². The van der Waals surface area contributed by atoms with E-state index in [2.05, 4.69) is 41.5 Å². The van der Waals surface area contributed by atoms with Crippen LogP contribution in [0.3, 0.4) is 0 Å². The van der Waals surface area contributed by atoms with Crippen LogP contribution in [-0.2, 0) is 4.74 Å². The van der Waals surface area contributed by atoms with E-state index in [0.717, 1.165) is 51.1 Å². The summed E-state index contributed by atoms with van der Waals surface area (Å²) in [5.74, 6) is 0.990. The molecule has 0 amide bonds. The zero-order chi connectivity index (χ0) is 19.1. The highest BCUT2D eigenvalue weighted by molar-refractivity contribution is 5.80. The summed E-state index contributed by atoms with van der Waals surface area (Å²) >= 11 is 0. The minimum absolute atomic E-state index is 0.131. The fraction of sp³-hybridized carbons (Fsp3) is 0.952. The fourth-order valence-corrected chi connectivity index (χ4v) is 4.92. The molecule has 0 bridgehead atoms. The molecular formula is C21H41N5O. The molecule has 0 atom stereocenters. The average molecular weight is 380 g/mol. The van der Waals surface area contributed by atoms with E-state index in [1.165, 1.54) is 51.6 Å². The second-order valence-electron chi connectivity index (χ2n) is 8.82. The number of aliphatic imine (C=N–C) groups is 1. The van der Waals surface area contributed by atoms with Crippen molar-refractivity contribution in [3.63, 3.8) is 0 Å². The summed E-state index contributed by atoms with van der Waals surface area (Å²) in [6.45, 7) is 8.05. The highest BCUT2D eigenvalue weighted by Gasteiger charge is 2.35. The third-order valence-electron chi connectivity index (χ3n) is 6.96. The third kappa shape index (κ3) is 5.58. The summed E-state index contributed by atoms with van der Waals surface area (Å²) in [7, 11) is 4.36. The van der Waals surface area contributed by atoms with Gasteiger partial charge in [-0.25, -0.2) is 0 Å². The molecular weight excluding hydrogens is 338 g/mol. The molecule has 1 aliphatic carbocycles. The van der Waals surface area contributed by atoms with Crippen molar-refractivity contribution in [2.45, 2.75) is 75.9 Å². The van der Waals surface area contributed by atoms with Gasteiger partial charge in [-0.3, -0.25) is 4.99 Å². The molecule has 2 heterocycles. The lowest BCUT2D eigenvalue weighted by atomic mass is 9.89. The maximum Gasteiger partial charge on any atom is 0.191 e. The Bertz CT molecular complexity index is 461. The van der Waals surface area contributed by atoms with Crippen molar-refractivity contribution in [2.75, 3.05) is 53.5 Å². The first kappa shape index (κ1) is 20.9. The molecule has 6 nitrogen and oxygen atoms in total. The molecule has 1 saturated carbocycles. The molecule has 3 rings (SSSR count). The molecule has 0 aromatic heterocycles. The molecule has 2 aliphatic heterocycles. The quantitative estimate of drug-likeness (QED) is 0.546. The van der Waals surface area contributed by atoms with E-state index in [-0.39, 0.29) is 5.54 Å². The number of likely N-dealkylation sites (tertiary alicyclic amines) is 1. The average Bonchev–Trinajstić information content (AvgIpc) is 3.22. The van der Waals surface area contributed by atoms with Gasteiger partial charge in [0, 0.05) is 50.5 Å². The van der Waals surface area contributed by atoms with Gasteiger partial charge < -0.3 is 25.2 Å². The lowest BCUT2D eigenvalue weighted by Crippen LogP contribution is -2.53. The van der Waals surface area contributed by atoms with E-state index < -0.39 is 0 Å². The number of nitrogens with one attached hydrogen (secondary N) is 2. The second-order valence-corrected chi connectivity index (χ2v) is 8.82. The molecule has 0 spiro atoms. The van der Waals surface area contributed by atoms with Gasteiger partial charge in [0.25, 0.3) is 0 Å². The predicted octanol–water partition coefficient (Wildman–Crippen LogP) is 2.06. The van der Waals surface area contributed by atoms with Crippen molar-refractivity contribution in [3.05, 3.63) is 0 Å². The Balaban J connectivity index is 1.53. The van der Waals surface area contributed by atoms with Crippen LogP contribution in [0.5, 0.6) is 0 Å². The Morgan fingerprint density at radius 2 is 1.78 bits per heavy atom. The van der Waals surface area contributed by atoms with Gasteiger partial charge in [0.1, 0.15) is 0 Å². The summed E-state index contributed by atoms with van der Waals surface area (Å²) < 4.78 is 5.59. The Morgan fingerprint density at radius 1 is 1.11 bits per heavy atom. The molecule has 0 aromatic carbocycles. The van der Waals surface area contributed by atoms with E-state index in [1.54, 1.807) is 0 Å². The molecule has 27 heavy (non-hydrogen) atoms. The Labute approximate surface area is 166 Å². The number of piperidine rings is 1. The van der Waals surface area contributed by atoms with E-state index in [9.17, 15) is 0 Å². The first-order valence-electron chi connectivity index (χ1n) is 11.2. The summed E-state index contributed by atoms with van der Waals surface area (Å²) in [5, 5.41) is 7.19. The van der Waals surface area contributed by atoms with Crippen LogP contribution in [0.15, 0.2) is 4.99 Å². The molecule has 0 unspecified atom stereocenters. The summed E-state index contributed by atoms with van der Waals surface area (Å²) in [4.78, 5) is 10.1. The standard InChI is InChI=1S/C21H41N5O/c1-4-22-20(23-17-21(25(2)3)11-15-27-16-12-21)24-18-9-13-26(14-10-18)19-7-5-6-8-19/h18-19H,4-17H2,1-3H3,(H2,22,23,24). The zero-order valence-corrected chi connectivity index (χ0v) is 17.8. The minimum Gasteiger partial charge on any atom is -0.381 e. The normalized spacial score (nSPS) is 25.9. The van der Waals surface area contributed by atoms with Gasteiger partial charge >= 0.3 is 0 Å². The first-order valence-corrected chi connectivity index (χ1v) is 11.2. The van der Waals surface area contributed by atoms with Crippen molar-refractivity contribution >= 4 is 5.96 Å². The van der Waals surface area contributed by atoms with E-state index in [1.807, 2.05) is 0 Å². The smallest absolute Gasteiger partial charge is 0.191 e. The highest BCUT2D eigenvalue weighted by Crippen LogP contribution is 2.27.